The quantitative estimate of drug-likeness (QED) is 0.420. The van der Waals surface area contributed by atoms with E-state index in [4.69, 9.17) is 4.42 Å². The van der Waals surface area contributed by atoms with Gasteiger partial charge in [-0.3, -0.25) is 9.59 Å². The molecule has 2 unspecified atom stereocenters. The summed E-state index contributed by atoms with van der Waals surface area (Å²) in [7, 11) is 0. The lowest BCUT2D eigenvalue weighted by Gasteiger charge is -2.11. The van der Waals surface area contributed by atoms with Crippen LogP contribution in [0.1, 0.15) is 43.4 Å². The molecule has 0 radical (unpaired) electrons. The average molecular weight is 420 g/mol. The molecule has 0 bridgehead atoms. The Kier molecular flexibility index (Phi) is 6.61. The number of carbonyl (C=O) groups excluding carboxylic acids is 1. The monoisotopic (exact) mass is 419 g/mol. The fourth-order valence-electron chi connectivity index (χ4n) is 2.90. The van der Waals surface area contributed by atoms with Crippen LogP contribution in [0.5, 0.6) is 0 Å². The SMILES string of the molecule is CCC(C)Cc1c(C)sc2nc(SC(C)C(=O)NCc3ccco3)[nH]c(=O)c12. The largest absolute Gasteiger partial charge is 0.467 e. The normalized spacial score (nSPS) is 13.6. The first-order chi connectivity index (χ1) is 13.4. The Morgan fingerprint density at radius 2 is 2.21 bits per heavy atom. The maximum absolute atomic E-state index is 12.7. The molecule has 150 valence electrons. The molecule has 3 aromatic rings. The minimum atomic E-state index is -0.392. The number of nitrogens with one attached hydrogen (secondary N) is 2. The summed E-state index contributed by atoms with van der Waals surface area (Å²) in [6.07, 6.45) is 3.52. The van der Waals surface area contributed by atoms with E-state index in [2.05, 4.69) is 29.1 Å². The van der Waals surface area contributed by atoms with E-state index in [1.807, 2.05) is 6.92 Å². The molecule has 6 nitrogen and oxygen atoms in total. The Morgan fingerprint density at radius 1 is 1.43 bits per heavy atom. The third kappa shape index (κ3) is 4.67. The van der Waals surface area contributed by atoms with Gasteiger partial charge in [0.05, 0.1) is 23.4 Å². The molecule has 2 atom stereocenters. The molecule has 0 spiro atoms. The Balaban J connectivity index is 1.74. The third-order valence-electron chi connectivity index (χ3n) is 4.77. The minimum Gasteiger partial charge on any atom is -0.467 e. The molecular weight excluding hydrogens is 394 g/mol. The summed E-state index contributed by atoms with van der Waals surface area (Å²) in [5, 5.41) is 3.60. The molecule has 2 N–H and O–H groups in total. The minimum absolute atomic E-state index is 0.127. The molecule has 1 amide bonds. The molecule has 0 saturated carbocycles. The van der Waals surface area contributed by atoms with E-state index in [0.717, 1.165) is 28.1 Å². The highest BCUT2D eigenvalue weighted by atomic mass is 32.2. The molecule has 0 aliphatic rings. The van der Waals surface area contributed by atoms with Gasteiger partial charge < -0.3 is 14.7 Å². The van der Waals surface area contributed by atoms with Gasteiger partial charge in [0.25, 0.3) is 5.56 Å². The second-order valence-corrected chi connectivity index (χ2v) is 9.50. The van der Waals surface area contributed by atoms with Gasteiger partial charge in [-0.15, -0.1) is 11.3 Å². The molecule has 0 fully saturated rings. The Labute approximate surface area is 172 Å². The van der Waals surface area contributed by atoms with Gasteiger partial charge in [-0.05, 0) is 43.9 Å². The predicted octanol–water partition coefficient (Wildman–Crippen LogP) is 4.27. The van der Waals surface area contributed by atoms with E-state index in [0.29, 0.717) is 28.8 Å². The molecule has 3 aromatic heterocycles. The van der Waals surface area contributed by atoms with Crippen LogP contribution in [0.25, 0.3) is 10.2 Å². The molecule has 0 aliphatic carbocycles. The number of aromatic nitrogens is 2. The number of furan rings is 1. The summed E-state index contributed by atoms with van der Waals surface area (Å²) >= 11 is 2.79. The molecule has 28 heavy (non-hydrogen) atoms. The van der Waals surface area contributed by atoms with Crippen molar-refractivity contribution >= 4 is 39.2 Å². The van der Waals surface area contributed by atoms with E-state index in [1.54, 1.807) is 36.7 Å². The lowest BCUT2D eigenvalue weighted by Crippen LogP contribution is -2.30. The first-order valence-corrected chi connectivity index (χ1v) is 11.1. The lowest BCUT2D eigenvalue weighted by molar-refractivity contribution is -0.120. The number of thioether (sulfide) groups is 1. The van der Waals surface area contributed by atoms with Crippen LogP contribution in [-0.4, -0.2) is 21.1 Å². The number of aryl methyl sites for hydroxylation is 1. The van der Waals surface area contributed by atoms with Gasteiger partial charge in [-0.2, -0.15) is 0 Å². The molecule has 0 aliphatic heterocycles. The van der Waals surface area contributed by atoms with Gasteiger partial charge in [-0.1, -0.05) is 32.0 Å². The van der Waals surface area contributed by atoms with Crippen molar-refractivity contribution in [3.05, 3.63) is 45.0 Å². The summed E-state index contributed by atoms with van der Waals surface area (Å²) in [5.41, 5.74) is 0.974. The van der Waals surface area contributed by atoms with E-state index in [9.17, 15) is 9.59 Å². The zero-order valence-corrected chi connectivity index (χ0v) is 18.1. The first-order valence-electron chi connectivity index (χ1n) is 9.38. The first kappa shape index (κ1) is 20.7. The summed E-state index contributed by atoms with van der Waals surface area (Å²) in [6, 6.07) is 3.59. The molecule has 3 heterocycles. The molecule has 8 heteroatoms. The summed E-state index contributed by atoms with van der Waals surface area (Å²) < 4.78 is 5.21. The number of hydrogen-bond acceptors (Lipinski definition) is 6. The van der Waals surface area contributed by atoms with E-state index in [1.165, 1.54) is 11.8 Å². The van der Waals surface area contributed by atoms with Crippen molar-refractivity contribution in [1.82, 2.24) is 15.3 Å². The van der Waals surface area contributed by atoms with E-state index >= 15 is 0 Å². The number of fused-ring (bicyclic) bond motifs is 1. The van der Waals surface area contributed by atoms with Crippen LogP contribution in [0, 0.1) is 12.8 Å². The maximum Gasteiger partial charge on any atom is 0.260 e. The number of hydrogen-bond donors (Lipinski definition) is 2. The number of amides is 1. The van der Waals surface area contributed by atoms with Crippen molar-refractivity contribution < 1.29 is 9.21 Å². The van der Waals surface area contributed by atoms with E-state index in [-0.39, 0.29) is 11.5 Å². The van der Waals surface area contributed by atoms with Crippen LogP contribution in [0.2, 0.25) is 0 Å². The number of aromatic amines is 1. The van der Waals surface area contributed by atoms with Crippen molar-refractivity contribution in [3.63, 3.8) is 0 Å². The number of nitrogens with zero attached hydrogens (tertiary/aromatic N) is 1. The predicted molar refractivity (Wildman–Crippen MR) is 114 cm³/mol. The summed E-state index contributed by atoms with van der Waals surface area (Å²) in [6.45, 7) is 8.52. The van der Waals surface area contributed by atoms with Gasteiger partial charge in [-0.25, -0.2) is 4.98 Å². The van der Waals surface area contributed by atoms with Gasteiger partial charge in [0.2, 0.25) is 5.91 Å². The van der Waals surface area contributed by atoms with Gasteiger partial charge in [0.15, 0.2) is 5.16 Å². The molecule has 3 rings (SSSR count). The van der Waals surface area contributed by atoms with Crippen LogP contribution >= 0.6 is 23.1 Å². The number of rotatable bonds is 8. The topological polar surface area (TPSA) is 88.0 Å². The lowest BCUT2D eigenvalue weighted by atomic mass is 9.98. The number of H-pyrrole nitrogens is 1. The van der Waals surface area contributed by atoms with Crippen LogP contribution < -0.4 is 10.9 Å². The summed E-state index contributed by atoms with van der Waals surface area (Å²) in [4.78, 5) is 34.4. The van der Waals surface area contributed by atoms with Crippen LogP contribution in [0.4, 0.5) is 0 Å². The van der Waals surface area contributed by atoms with Crippen molar-refractivity contribution in [3.8, 4) is 0 Å². The molecule has 0 saturated heterocycles. The standard InChI is InChI=1S/C20H25N3O3S2/c1-5-11(2)9-15-12(3)27-19-16(15)18(25)22-20(23-19)28-13(4)17(24)21-10-14-7-6-8-26-14/h6-8,11,13H,5,9-10H2,1-4H3,(H,21,24)(H,22,23,25). The van der Waals surface area contributed by atoms with Crippen molar-refractivity contribution in [2.45, 2.75) is 57.5 Å². The maximum atomic E-state index is 12.7. The van der Waals surface area contributed by atoms with Crippen molar-refractivity contribution in [2.24, 2.45) is 5.92 Å². The molecule has 0 aromatic carbocycles. The Morgan fingerprint density at radius 3 is 2.89 bits per heavy atom. The van der Waals surface area contributed by atoms with Gasteiger partial charge in [0, 0.05) is 4.88 Å². The smallest absolute Gasteiger partial charge is 0.260 e. The Hall–Kier alpha value is -2.06. The highest BCUT2D eigenvalue weighted by molar-refractivity contribution is 8.00. The highest BCUT2D eigenvalue weighted by Gasteiger charge is 2.20. The zero-order valence-electron chi connectivity index (χ0n) is 16.5. The third-order valence-corrected chi connectivity index (χ3v) is 6.79. The summed E-state index contributed by atoms with van der Waals surface area (Å²) in [5.74, 6) is 1.08. The van der Waals surface area contributed by atoms with E-state index < -0.39 is 5.25 Å². The fraction of sp³-hybridized carbons (Fsp3) is 0.450. The number of carbonyl (C=O) groups is 1. The Bertz CT molecular complexity index is 1010. The number of thiophene rings is 1. The van der Waals surface area contributed by atoms with Gasteiger partial charge >= 0.3 is 0 Å². The van der Waals surface area contributed by atoms with Gasteiger partial charge in [0.1, 0.15) is 10.6 Å². The fourth-order valence-corrected chi connectivity index (χ4v) is 4.83. The average Bonchev–Trinajstić information content (AvgIpc) is 3.27. The van der Waals surface area contributed by atoms with Crippen molar-refractivity contribution in [1.29, 1.82) is 0 Å². The highest BCUT2D eigenvalue weighted by Crippen LogP contribution is 2.31. The van der Waals surface area contributed by atoms with Crippen LogP contribution in [0.15, 0.2) is 32.8 Å². The second-order valence-electron chi connectivity index (χ2n) is 6.96. The second kappa shape index (κ2) is 8.96. The zero-order chi connectivity index (χ0) is 20.3. The van der Waals surface area contributed by atoms with Crippen molar-refractivity contribution in [2.75, 3.05) is 0 Å². The molecular formula is C20H25N3O3S2. The van der Waals surface area contributed by atoms with Crippen LogP contribution in [0.3, 0.4) is 0 Å². The van der Waals surface area contributed by atoms with Crippen LogP contribution in [-0.2, 0) is 17.8 Å².